The van der Waals surface area contributed by atoms with Crippen LogP contribution in [0.5, 0.6) is 0 Å². The fourth-order valence-electron chi connectivity index (χ4n) is 3.34. The van der Waals surface area contributed by atoms with E-state index in [-0.39, 0.29) is 11.3 Å². The lowest BCUT2D eigenvalue weighted by molar-refractivity contribution is -0.130. The van der Waals surface area contributed by atoms with Crippen molar-refractivity contribution in [1.82, 2.24) is 16.0 Å². The maximum absolute atomic E-state index is 14.9. The van der Waals surface area contributed by atoms with Gasteiger partial charge in [0.1, 0.15) is 17.9 Å². The maximum atomic E-state index is 14.9. The molecule has 2 rings (SSSR count). The van der Waals surface area contributed by atoms with Crippen molar-refractivity contribution in [1.29, 1.82) is 0 Å². The topological polar surface area (TPSA) is 130 Å². The van der Waals surface area contributed by atoms with Crippen LogP contribution in [0.4, 0.5) is 4.39 Å². The van der Waals surface area contributed by atoms with E-state index in [1.165, 1.54) is 32.0 Å². The van der Waals surface area contributed by atoms with Gasteiger partial charge in [-0.1, -0.05) is 48.5 Å². The highest BCUT2D eigenvalue weighted by molar-refractivity contribution is 7.80. The summed E-state index contributed by atoms with van der Waals surface area (Å²) in [7, 11) is 0. The molecule has 0 saturated heterocycles. The van der Waals surface area contributed by atoms with Gasteiger partial charge in [0.05, 0.1) is 12.0 Å². The van der Waals surface area contributed by atoms with E-state index in [1.54, 1.807) is 36.4 Å². The number of hydrogen-bond donors (Lipinski definition) is 5. The molecule has 0 fully saturated rings. The molecule has 176 valence electrons. The van der Waals surface area contributed by atoms with E-state index < -0.39 is 53.5 Å². The number of hydrogen-bond acceptors (Lipinski definition) is 5. The largest absolute Gasteiger partial charge is 0.368 e. The Balaban J connectivity index is 2.56. The summed E-state index contributed by atoms with van der Waals surface area (Å²) in [6.07, 6.45) is 0. The van der Waals surface area contributed by atoms with Gasteiger partial charge in [-0.25, -0.2) is 4.39 Å². The Bertz CT molecular complexity index is 1000. The maximum Gasteiger partial charge on any atom is 0.242 e. The van der Waals surface area contributed by atoms with E-state index in [2.05, 4.69) is 28.6 Å². The van der Waals surface area contributed by atoms with E-state index in [9.17, 15) is 23.6 Å². The molecule has 33 heavy (non-hydrogen) atoms. The van der Waals surface area contributed by atoms with E-state index in [1.807, 2.05) is 0 Å². The number of carbonyl (C=O) groups excluding carboxylic acids is 4. The number of rotatable bonds is 10. The summed E-state index contributed by atoms with van der Waals surface area (Å²) in [5.74, 6) is -4.49. The molecule has 0 aliphatic rings. The number of thiol groups is 1. The first-order chi connectivity index (χ1) is 15.6. The fourth-order valence-corrected chi connectivity index (χ4v) is 3.61. The summed E-state index contributed by atoms with van der Waals surface area (Å²) in [4.78, 5) is 49.3. The zero-order chi connectivity index (χ0) is 24.5. The van der Waals surface area contributed by atoms with Crippen LogP contribution in [0.15, 0.2) is 54.6 Å². The number of nitrogens with two attached hydrogens (primary N) is 1. The third kappa shape index (κ3) is 7.04. The van der Waals surface area contributed by atoms with Crippen molar-refractivity contribution in [2.24, 2.45) is 5.73 Å². The van der Waals surface area contributed by atoms with Crippen LogP contribution in [0.2, 0.25) is 0 Å². The highest BCUT2D eigenvalue weighted by Crippen LogP contribution is 2.33. The predicted molar refractivity (Wildman–Crippen MR) is 125 cm³/mol. The van der Waals surface area contributed by atoms with Crippen molar-refractivity contribution in [2.45, 2.75) is 37.9 Å². The van der Waals surface area contributed by atoms with Crippen molar-refractivity contribution in [2.75, 3.05) is 5.75 Å². The third-order valence-electron chi connectivity index (χ3n) is 4.97. The monoisotopic (exact) mass is 474 g/mol. The van der Waals surface area contributed by atoms with Gasteiger partial charge in [-0.2, -0.15) is 12.6 Å². The minimum Gasteiger partial charge on any atom is -0.368 e. The minimum absolute atomic E-state index is 0.0127. The van der Waals surface area contributed by atoms with Crippen LogP contribution in [0, 0.1) is 5.82 Å². The summed E-state index contributed by atoms with van der Waals surface area (Å²) >= 11 is 4.04. The fraction of sp³-hybridized carbons (Fsp3) is 0.304. The molecule has 0 aromatic heterocycles. The third-order valence-corrected chi connectivity index (χ3v) is 5.33. The SMILES string of the molecule is CC(=O)N[C@@H](C)C(=O)N[C@@H](c1ccccc1)[C@H](C(=O)N[C@@H](CS)C(N)=O)c1ccccc1F. The van der Waals surface area contributed by atoms with Crippen LogP contribution < -0.4 is 21.7 Å². The number of amides is 4. The molecule has 0 heterocycles. The number of primary amides is 1. The number of halogens is 1. The Kier molecular flexibility index (Phi) is 9.41. The van der Waals surface area contributed by atoms with E-state index in [0.29, 0.717) is 5.56 Å². The van der Waals surface area contributed by atoms with Gasteiger partial charge < -0.3 is 21.7 Å². The molecule has 0 unspecified atom stereocenters. The molecule has 2 aromatic carbocycles. The van der Waals surface area contributed by atoms with Crippen LogP contribution >= 0.6 is 12.6 Å². The highest BCUT2D eigenvalue weighted by Gasteiger charge is 2.36. The van der Waals surface area contributed by atoms with Gasteiger partial charge in [0, 0.05) is 18.2 Å². The molecule has 0 aliphatic carbocycles. The Hall–Kier alpha value is -3.40. The Morgan fingerprint density at radius 1 is 0.939 bits per heavy atom. The zero-order valence-electron chi connectivity index (χ0n) is 18.2. The molecule has 0 radical (unpaired) electrons. The minimum atomic E-state index is -1.26. The lowest BCUT2D eigenvalue weighted by Crippen LogP contribution is -2.51. The second-order valence-electron chi connectivity index (χ2n) is 7.46. The Morgan fingerprint density at radius 3 is 2.09 bits per heavy atom. The molecule has 0 bridgehead atoms. The van der Waals surface area contributed by atoms with Gasteiger partial charge in [-0.3, -0.25) is 19.2 Å². The van der Waals surface area contributed by atoms with Crippen molar-refractivity contribution < 1.29 is 23.6 Å². The van der Waals surface area contributed by atoms with Gasteiger partial charge in [0.15, 0.2) is 0 Å². The Morgan fingerprint density at radius 2 is 1.55 bits per heavy atom. The van der Waals surface area contributed by atoms with Crippen LogP contribution in [-0.2, 0) is 19.2 Å². The summed E-state index contributed by atoms with van der Waals surface area (Å²) in [6.45, 7) is 2.76. The molecular formula is C23H27FN4O4S. The molecule has 8 nitrogen and oxygen atoms in total. The highest BCUT2D eigenvalue weighted by atomic mass is 32.1. The molecule has 0 aliphatic heterocycles. The quantitative estimate of drug-likeness (QED) is 0.331. The van der Waals surface area contributed by atoms with Gasteiger partial charge in [-0.05, 0) is 18.6 Å². The first-order valence-corrected chi connectivity index (χ1v) is 10.9. The molecule has 2 aromatic rings. The summed E-state index contributed by atoms with van der Waals surface area (Å²) in [5.41, 5.74) is 5.86. The molecule has 10 heteroatoms. The van der Waals surface area contributed by atoms with Crippen molar-refractivity contribution in [3.8, 4) is 0 Å². The summed E-state index contributed by atoms with van der Waals surface area (Å²) in [5, 5.41) is 7.73. The molecule has 5 N–H and O–H groups in total. The van der Waals surface area contributed by atoms with Gasteiger partial charge >= 0.3 is 0 Å². The number of benzene rings is 2. The van der Waals surface area contributed by atoms with Crippen molar-refractivity contribution in [3.63, 3.8) is 0 Å². The standard InChI is InChI=1S/C23H27FN4O4S/c1-13(26-14(2)29)22(31)28-20(15-8-4-3-5-9-15)19(16-10-6-7-11-17(16)24)23(32)27-18(12-33)21(25)30/h3-11,13,18-20,33H,12H2,1-2H3,(H2,25,30)(H,26,29)(H,27,32)(H,28,31)/t13-,18-,19+,20-/m0/s1. The lowest BCUT2D eigenvalue weighted by atomic mass is 9.85. The van der Waals surface area contributed by atoms with Crippen molar-refractivity contribution in [3.05, 3.63) is 71.5 Å². The zero-order valence-corrected chi connectivity index (χ0v) is 19.1. The first-order valence-electron chi connectivity index (χ1n) is 10.2. The predicted octanol–water partition coefficient (Wildman–Crippen LogP) is 1.19. The Labute approximate surface area is 196 Å². The average Bonchev–Trinajstić information content (AvgIpc) is 2.77. The lowest BCUT2D eigenvalue weighted by Gasteiger charge is -2.30. The molecule has 0 saturated carbocycles. The van der Waals surface area contributed by atoms with Gasteiger partial charge in [0.2, 0.25) is 23.6 Å². The van der Waals surface area contributed by atoms with Crippen LogP contribution in [0.25, 0.3) is 0 Å². The van der Waals surface area contributed by atoms with Crippen LogP contribution in [0.1, 0.15) is 36.9 Å². The second kappa shape index (κ2) is 12.0. The van der Waals surface area contributed by atoms with Crippen molar-refractivity contribution >= 4 is 36.3 Å². The second-order valence-corrected chi connectivity index (χ2v) is 7.83. The van der Waals surface area contributed by atoms with Crippen LogP contribution in [0.3, 0.4) is 0 Å². The summed E-state index contributed by atoms with van der Waals surface area (Å²) in [6, 6.07) is 11.2. The van der Waals surface area contributed by atoms with E-state index in [0.717, 1.165) is 0 Å². The normalized spacial score (nSPS) is 14.3. The smallest absolute Gasteiger partial charge is 0.242 e. The van der Waals surface area contributed by atoms with Gasteiger partial charge in [0.25, 0.3) is 0 Å². The van der Waals surface area contributed by atoms with E-state index in [4.69, 9.17) is 5.73 Å². The van der Waals surface area contributed by atoms with E-state index >= 15 is 0 Å². The molecule has 0 spiro atoms. The number of nitrogens with one attached hydrogen (secondary N) is 3. The number of carbonyl (C=O) groups is 4. The molecular weight excluding hydrogens is 447 g/mol. The van der Waals surface area contributed by atoms with Gasteiger partial charge in [-0.15, -0.1) is 0 Å². The average molecular weight is 475 g/mol. The summed E-state index contributed by atoms with van der Waals surface area (Å²) < 4.78 is 14.9. The molecule has 4 amide bonds. The molecule has 4 atom stereocenters. The first kappa shape index (κ1) is 25.9. The van der Waals surface area contributed by atoms with Crippen LogP contribution in [-0.4, -0.2) is 41.5 Å².